The minimum Gasteiger partial charge on any atom is -0.480 e. The zero-order valence-corrected chi connectivity index (χ0v) is 21.9. The number of anilines is 2. The predicted molar refractivity (Wildman–Crippen MR) is 139 cm³/mol. The Bertz CT molecular complexity index is 1170. The lowest BCUT2D eigenvalue weighted by Crippen LogP contribution is -2.44. The quantitative estimate of drug-likeness (QED) is 0.260. The van der Waals surface area contributed by atoms with Crippen molar-refractivity contribution in [3.05, 3.63) is 52.6 Å². The van der Waals surface area contributed by atoms with Gasteiger partial charge in [0.05, 0.1) is 4.92 Å². The van der Waals surface area contributed by atoms with E-state index in [4.69, 9.17) is 4.18 Å². The molecule has 3 rings (SSSR count). The van der Waals surface area contributed by atoms with E-state index in [0.717, 1.165) is 0 Å². The van der Waals surface area contributed by atoms with Crippen LogP contribution in [0.25, 0.3) is 0 Å². The summed E-state index contributed by atoms with van der Waals surface area (Å²) in [6.07, 6.45) is 0.129. The topological polar surface area (TPSA) is 142 Å². The number of carboxylic acids is 1. The highest BCUT2D eigenvalue weighted by Crippen LogP contribution is 2.42. The molecular weight excluding hydrogens is 512 g/mol. The van der Waals surface area contributed by atoms with Gasteiger partial charge < -0.3 is 24.4 Å². The largest absolute Gasteiger partial charge is 0.480 e. The van der Waals surface area contributed by atoms with Gasteiger partial charge in [0.1, 0.15) is 28.1 Å². The smallest absolute Gasteiger partial charge is 0.341 e. The first kappa shape index (κ1) is 29.1. The molecule has 0 bridgehead atoms. The molecule has 0 aromatic heterocycles. The summed E-state index contributed by atoms with van der Waals surface area (Å²) in [5.41, 5.74) is -0.671. The molecule has 13 heteroatoms. The maximum Gasteiger partial charge on any atom is 0.341 e. The second-order valence-corrected chi connectivity index (χ2v) is 10.4. The molecule has 0 aliphatic carbocycles. The number of likely N-dealkylation sites (N-methyl/N-ethyl adjacent to an activating group) is 1. The lowest BCUT2D eigenvalue weighted by atomic mass is 10.0. The van der Waals surface area contributed by atoms with Gasteiger partial charge in [-0.25, -0.2) is 4.79 Å². The SMILES string of the molecule is CC(C)C[C@H](Nc1c(S(=O)(=O)Oc2ccccc2)ccc(N2CCN(C)CC2)c1[N+](=O)[O-])C(=O)O.Cl. The summed E-state index contributed by atoms with van der Waals surface area (Å²) in [4.78, 5) is 27.0. The second kappa shape index (κ2) is 12.2. The molecule has 11 nitrogen and oxygen atoms in total. The Hall–Kier alpha value is -3.09. The number of nitrogens with zero attached hydrogens (tertiary/aromatic N) is 3. The number of benzene rings is 2. The molecular formula is C23H31ClN4O7S. The molecule has 0 amide bonds. The van der Waals surface area contributed by atoms with Gasteiger partial charge in [0.25, 0.3) is 0 Å². The van der Waals surface area contributed by atoms with Crippen molar-refractivity contribution in [3.8, 4) is 5.75 Å². The first-order valence-electron chi connectivity index (χ1n) is 11.2. The van der Waals surface area contributed by atoms with Crippen molar-refractivity contribution in [2.75, 3.05) is 43.4 Å². The minimum atomic E-state index is -4.54. The number of aliphatic carboxylic acids is 1. The second-order valence-electron chi connectivity index (χ2n) is 8.87. The van der Waals surface area contributed by atoms with Gasteiger partial charge in [0, 0.05) is 26.2 Å². The number of halogens is 1. The Morgan fingerprint density at radius 2 is 1.75 bits per heavy atom. The molecule has 2 N–H and O–H groups in total. The Morgan fingerprint density at radius 3 is 2.28 bits per heavy atom. The van der Waals surface area contributed by atoms with Crippen molar-refractivity contribution >= 4 is 45.6 Å². The molecule has 1 aliphatic heterocycles. The molecule has 0 spiro atoms. The highest BCUT2D eigenvalue weighted by molar-refractivity contribution is 7.87. The normalized spacial score (nSPS) is 15.2. The van der Waals surface area contributed by atoms with Gasteiger partial charge in [-0.1, -0.05) is 32.0 Å². The molecule has 36 heavy (non-hydrogen) atoms. The van der Waals surface area contributed by atoms with E-state index in [9.17, 15) is 28.4 Å². The van der Waals surface area contributed by atoms with Crippen molar-refractivity contribution in [2.45, 2.75) is 31.2 Å². The molecule has 198 valence electrons. The third kappa shape index (κ3) is 6.99. The third-order valence-corrected chi connectivity index (χ3v) is 6.98. The van der Waals surface area contributed by atoms with Gasteiger partial charge in [-0.15, -0.1) is 12.4 Å². The van der Waals surface area contributed by atoms with E-state index in [0.29, 0.717) is 26.2 Å². The molecule has 1 aliphatic rings. The van der Waals surface area contributed by atoms with E-state index in [1.54, 1.807) is 23.1 Å². The Balaban J connectivity index is 0.00000456. The molecule has 0 radical (unpaired) electrons. The number of nitro groups is 1. The van der Waals surface area contributed by atoms with Gasteiger partial charge in [-0.2, -0.15) is 8.42 Å². The number of piperazine rings is 1. The van der Waals surface area contributed by atoms with E-state index in [2.05, 4.69) is 10.2 Å². The maximum atomic E-state index is 13.2. The van der Waals surface area contributed by atoms with Crippen LogP contribution in [0, 0.1) is 16.0 Å². The van der Waals surface area contributed by atoms with Gasteiger partial charge in [0.15, 0.2) is 0 Å². The van der Waals surface area contributed by atoms with E-state index in [1.165, 1.54) is 24.3 Å². The first-order valence-corrected chi connectivity index (χ1v) is 12.6. The Labute approximate surface area is 216 Å². The van der Waals surface area contributed by atoms with Crippen LogP contribution < -0.4 is 14.4 Å². The highest BCUT2D eigenvalue weighted by Gasteiger charge is 2.35. The number of nitro benzene ring substituents is 1. The van der Waals surface area contributed by atoms with Crippen molar-refractivity contribution in [1.29, 1.82) is 0 Å². The van der Waals surface area contributed by atoms with Crippen LogP contribution in [0.3, 0.4) is 0 Å². The van der Waals surface area contributed by atoms with Crippen LogP contribution in [0.15, 0.2) is 47.4 Å². The Kier molecular flexibility index (Phi) is 9.91. The Morgan fingerprint density at radius 1 is 1.14 bits per heavy atom. The molecule has 0 saturated carbocycles. The standard InChI is InChI=1S/C23H30N4O7S.ClH/c1-16(2)15-18(23(28)29)24-21-20(35(32,33)34-17-7-5-4-6-8-17)10-9-19(22(21)27(30)31)26-13-11-25(3)12-14-26;/h4-10,16,18,24H,11-15H2,1-3H3,(H,28,29);1H/t18-;/m0./s1. The fraction of sp³-hybridized carbons (Fsp3) is 0.435. The minimum absolute atomic E-state index is 0. The van der Waals surface area contributed by atoms with Crippen LogP contribution >= 0.6 is 12.4 Å². The van der Waals surface area contributed by atoms with Gasteiger partial charge in [0.2, 0.25) is 0 Å². The summed E-state index contributed by atoms with van der Waals surface area (Å²) in [5, 5.41) is 24.7. The van der Waals surface area contributed by atoms with E-state index in [1.807, 2.05) is 20.9 Å². The average molecular weight is 543 g/mol. The predicted octanol–water partition coefficient (Wildman–Crippen LogP) is 3.45. The number of nitrogens with one attached hydrogen (secondary N) is 1. The highest BCUT2D eigenvalue weighted by atomic mass is 35.5. The number of hydrogen-bond donors (Lipinski definition) is 2. The molecule has 1 saturated heterocycles. The van der Waals surface area contributed by atoms with Gasteiger partial charge in [-0.3, -0.25) is 10.1 Å². The molecule has 2 aromatic rings. The van der Waals surface area contributed by atoms with E-state index >= 15 is 0 Å². The zero-order chi connectivity index (χ0) is 25.8. The fourth-order valence-electron chi connectivity index (χ4n) is 3.91. The van der Waals surface area contributed by atoms with Crippen LogP contribution in [-0.2, 0) is 14.9 Å². The van der Waals surface area contributed by atoms with Gasteiger partial charge >= 0.3 is 21.8 Å². The molecule has 2 aromatic carbocycles. The summed E-state index contributed by atoms with van der Waals surface area (Å²) >= 11 is 0. The number of carboxylic acid groups (broad SMARTS) is 1. The summed E-state index contributed by atoms with van der Waals surface area (Å²) in [6.45, 7) is 5.95. The summed E-state index contributed by atoms with van der Waals surface area (Å²) in [7, 11) is -2.60. The molecule has 1 fully saturated rings. The lowest BCUT2D eigenvalue weighted by Gasteiger charge is -2.34. The van der Waals surface area contributed by atoms with Crippen molar-refractivity contribution in [3.63, 3.8) is 0 Å². The average Bonchev–Trinajstić information content (AvgIpc) is 2.78. The van der Waals surface area contributed by atoms with Crippen LogP contribution in [0.1, 0.15) is 20.3 Å². The first-order chi connectivity index (χ1) is 16.5. The summed E-state index contributed by atoms with van der Waals surface area (Å²) in [6, 6.07) is 9.11. The number of hydrogen-bond acceptors (Lipinski definition) is 9. The van der Waals surface area contributed by atoms with Gasteiger partial charge in [-0.05, 0) is 43.7 Å². The third-order valence-electron chi connectivity index (χ3n) is 5.69. The van der Waals surface area contributed by atoms with E-state index < -0.39 is 43.3 Å². The number of para-hydroxylation sites is 1. The number of rotatable bonds is 10. The van der Waals surface area contributed by atoms with Crippen LogP contribution in [0.5, 0.6) is 5.75 Å². The summed E-state index contributed by atoms with van der Waals surface area (Å²) < 4.78 is 31.7. The van der Waals surface area contributed by atoms with E-state index in [-0.39, 0.29) is 36.2 Å². The number of carbonyl (C=O) groups is 1. The van der Waals surface area contributed by atoms with Crippen LogP contribution in [0.2, 0.25) is 0 Å². The zero-order valence-electron chi connectivity index (χ0n) is 20.3. The fourth-order valence-corrected chi connectivity index (χ4v) is 5.01. The molecule has 1 atom stereocenters. The van der Waals surface area contributed by atoms with Crippen molar-refractivity contribution < 1.29 is 27.4 Å². The summed E-state index contributed by atoms with van der Waals surface area (Å²) in [5.74, 6) is -1.28. The molecule has 1 heterocycles. The van der Waals surface area contributed by atoms with Crippen LogP contribution in [-0.4, -0.2) is 68.6 Å². The lowest BCUT2D eigenvalue weighted by molar-refractivity contribution is -0.383. The van der Waals surface area contributed by atoms with Crippen molar-refractivity contribution in [2.24, 2.45) is 5.92 Å². The molecule has 0 unspecified atom stereocenters. The van der Waals surface area contributed by atoms with Crippen LogP contribution in [0.4, 0.5) is 17.1 Å². The van der Waals surface area contributed by atoms with Crippen molar-refractivity contribution in [1.82, 2.24) is 4.90 Å². The maximum absolute atomic E-state index is 13.2. The monoisotopic (exact) mass is 542 g/mol.